The van der Waals surface area contributed by atoms with Crippen LogP contribution in [0.1, 0.15) is 41.2 Å². The molecular formula is C29H30N2O3. The van der Waals surface area contributed by atoms with Crippen LogP contribution in [-0.2, 0) is 9.59 Å². The van der Waals surface area contributed by atoms with Crippen molar-refractivity contribution in [2.45, 2.75) is 41.0 Å². The molecule has 0 unspecified atom stereocenters. The van der Waals surface area contributed by atoms with Crippen LogP contribution in [0.15, 0.2) is 66.4 Å². The van der Waals surface area contributed by atoms with E-state index in [1.165, 1.54) is 4.90 Å². The molecule has 0 fully saturated rings. The van der Waals surface area contributed by atoms with Gasteiger partial charge < -0.3 is 10.1 Å². The first-order chi connectivity index (χ1) is 16.3. The molecule has 0 atom stereocenters. The average Bonchev–Trinajstić information content (AvgIpc) is 3.06. The number of carbonyl (C=O) groups excluding carboxylic acids is 2. The monoisotopic (exact) mass is 454 g/mol. The maximum absolute atomic E-state index is 13.8. The predicted octanol–water partition coefficient (Wildman–Crippen LogP) is 6.11. The Balaban J connectivity index is 1.82. The molecule has 3 aromatic rings. The molecule has 3 aromatic carbocycles. The first-order valence-electron chi connectivity index (χ1n) is 11.6. The SMILES string of the molecule is CCCOc1cccc(N2C(=O)C(Nc3cc(C)ccc3C)=C(c3ccc(C)c(C)c3)C2=O)c1. The Morgan fingerprint density at radius 1 is 0.824 bits per heavy atom. The molecule has 1 heterocycles. The van der Waals surface area contributed by atoms with Crippen LogP contribution >= 0.6 is 0 Å². The predicted molar refractivity (Wildman–Crippen MR) is 137 cm³/mol. The van der Waals surface area contributed by atoms with Gasteiger partial charge >= 0.3 is 0 Å². The van der Waals surface area contributed by atoms with Crippen molar-refractivity contribution in [3.8, 4) is 5.75 Å². The van der Waals surface area contributed by atoms with E-state index < -0.39 is 0 Å². The van der Waals surface area contributed by atoms with Gasteiger partial charge in [-0.1, -0.05) is 43.3 Å². The van der Waals surface area contributed by atoms with Crippen LogP contribution in [-0.4, -0.2) is 18.4 Å². The van der Waals surface area contributed by atoms with Crippen molar-refractivity contribution in [3.05, 3.63) is 94.2 Å². The van der Waals surface area contributed by atoms with E-state index in [1.807, 2.05) is 77.1 Å². The first-order valence-corrected chi connectivity index (χ1v) is 11.6. The van der Waals surface area contributed by atoms with E-state index in [4.69, 9.17) is 4.74 Å². The van der Waals surface area contributed by atoms with Crippen molar-refractivity contribution >= 4 is 28.8 Å². The second-order valence-corrected chi connectivity index (χ2v) is 8.78. The highest BCUT2D eigenvalue weighted by atomic mass is 16.5. The summed E-state index contributed by atoms with van der Waals surface area (Å²) >= 11 is 0. The molecule has 174 valence electrons. The maximum atomic E-state index is 13.8. The van der Waals surface area contributed by atoms with Crippen molar-refractivity contribution in [2.75, 3.05) is 16.8 Å². The Bertz CT molecular complexity index is 1310. The van der Waals surface area contributed by atoms with Crippen LogP contribution in [0.5, 0.6) is 5.75 Å². The number of nitrogens with one attached hydrogen (secondary N) is 1. The van der Waals surface area contributed by atoms with Gasteiger partial charge in [0.25, 0.3) is 11.8 Å². The summed E-state index contributed by atoms with van der Waals surface area (Å²) in [5, 5.41) is 3.30. The summed E-state index contributed by atoms with van der Waals surface area (Å²) in [5.74, 6) is -0.107. The Morgan fingerprint density at radius 2 is 1.59 bits per heavy atom. The number of aryl methyl sites for hydroxylation is 4. The molecule has 0 saturated carbocycles. The molecule has 1 N–H and O–H groups in total. The Labute approximate surface area is 201 Å². The standard InChI is InChI=1S/C29H30N2O3/c1-6-14-34-24-9-7-8-23(17-24)31-28(32)26(22-13-12-19(3)21(5)16-22)27(29(31)33)30-25-15-18(2)10-11-20(25)4/h7-13,15-17,30H,6,14H2,1-5H3. The lowest BCUT2D eigenvalue weighted by Gasteiger charge is -2.17. The van der Waals surface area contributed by atoms with Gasteiger partial charge in [0.05, 0.1) is 17.9 Å². The number of amides is 2. The lowest BCUT2D eigenvalue weighted by molar-refractivity contribution is -0.120. The van der Waals surface area contributed by atoms with Crippen LogP contribution in [0.25, 0.3) is 5.57 Å². The quantitative estimate of drug-likeness (QED) is 0.438. The highest BCUT2D eigenvalue weighted by molar-refractivity contribution is 6.46. The Kier molecular flexibility index (Phi) is 6.55. The van der Waals surface area contributed by atoms with E-state index in [0.717, 1.165) is 39.9 Å². The Hall–Kier alpha value is -3.86. The lowest BCUT2D eigenvalue weighted by atomic mass is 9.99. The molecule has 0 aromatic heterocycles. The summed E-state index contributed by atoms with van der Waals surface area (Å²) in [7, 11) is 0. The van der Waals surface area contributed by atoms with Gasteiger partial charge in [0.15, 0.2) is 0 Å². The molecule has 0 spiro atoms. The number of imide groups is 1. The van der Waals surface area contributed by atoms with Crippen molar-refractivity contribution in [1.82, 2.24) is 0 Å². The van der Waals surface area contributed by atoms with Crippen molar-refractivity contribution in [3.63, 3.8) is 0 Å². The largest absolute Gasteiger partial charge is 0.494 e. The van der Waals surface area contributed by atoms with Gasteiger partial charge in [0, 0.05) is 11.8 Å². The zero-order valence-corrected chi connectivity index (χ0v) is 20.4. The Morgan fingerprint density at radius 3 is 2.32 bits per heavy atom. The lowest BCUT2D eigenvalue weighted by Crippen LogP contribution is -2.32. The third kappa shape index (κ3) is 4.46. The summed E-state index contributed by atoms with van der Waals surface area (Å²) < 4.78 is 5.74. The third-order valence-electron chi connectivity index (χ3n) is 6.08. The molecule has 34 heavy (non-hydrogen) atoms. The number of hydrogen-bond donors (Lipinski definition) is 1. The smallest absolute Gasteiger partial charge is 0.282 e. The zero-order valence-electron chi connectivity index (χ0n) is 20.4. The van der Waals surface area contributed by atoms with Gasteiger partial charge in [-0.05, 0) is 80.1 Å². The molecule has 4 rings (SSSR count). The molecule has 0 radical (unpaired) electrons. The number of rotatable bonds is 7. The molecule has 1 aliphatic rings. The summed E-state index contributed by atoms with van der Waals surface area (Å²) in [6.45, 7) is 10.6. The van der Waals surface area contributed by atoms with E-state index in [0.29, 0.717) is 23.6 Å². The number of nitrogens with zero attached hydrogens (tertiary/aromatic N) is 1. The minimum absolute atomic E-state index is 0.279. The van der Waals surface area contributed by atoms with Gasteiger partial charge in [-0.15, -0.1) is 0 Å². The second kappa shape index (κ2) is 9.56. The van der Waals surface area contributed by atoms with Gasteiger partial charge in [0.2, 0.25) is 0 Å². The van der Waals surface area contributed by atoms with Crippen LogP contribution in [0, 0.1) is 27.7 Å². The van der Waals surface area contributed by atoms with Gasteiger partial charge in [0.1, 0.15) is 11.4 Å². The summed E-state index contributed by atoms with van der Waals surface area (Å²) in [6, 6.07) is 19.0. The average molecular weight is 455 g/mol. The summed E-state index contributed by atoms with van der Waals surface area (Å²) in [6.07, 6.45) is 0.869. The van der Waals surface area contributed by atoms with Crippen LogP contribution in [0.2, 0.25) is 0 Å². The van der Waals surface area contributed by atoms with Crippen molar-refractivity contribution < 1.29 is 14.3 Å². The number of ether oxygens (including phenoxy) is 1. The molecule has 2 amide bonds. The van der Waals surface area contributed by atoms with Crippen LogP contribution < -0.4 is 15.0 Å². The van der Waals surface area contributed by atoms with Gasteiger partial charge in [-0.3, -0.25) is 9.59 Å². The molecule has 0 bridgehead atoms. The first kappa shape index (κ1) is 23.3. The fourth-order valence-corrected chi connectivity index (χ4v) is 3.98. The van der Waals surface area contributed by atoms with Crippen molar-refractivity contribution in [1.29, 1.82) is 0 Å². The van der Waals surface area contributed by atoms with Crippen LogP contribution in [0.4, 0.5) is 11.4 Å². The molecule has 0 saturated heterocycles. The summed E-state index contributed by atoms with van der Waals surface area (Å²) in [4.78, 5) is 28.7. The van der Waals surface area contributed by atoms with Gasteiger partial charge in [-0.25, -0.2) is 4.90 Å². The number of hydrogen-bond acceptors (Lipinski definition) is 4. The topological polar surface area (TPSA) is 58.6 Å². The zero-order chi connectivity index (χ0) is 24.4. The second-order valence-electron chi connectivity index (χ2n) is 8.78. The fourth-order valence-electron chi connectivity index (χ4n) is 3.98. The maximum Gasteiger partial charge on any atom is 0.282 e. The highest BCUT2D eigenvalue weighted by Crippen LogP contribution is 2.36. The van der Waals surface area contributed by atoms with E-state index in [9.17, 15) is 9.59 Å². The number of benzene rings is 3. The summed E-state index contributed by atoms with van der Waals surface area (Å²) in [5.41, 5.74) is 6.91. The van der Waals surface area contributed by atoms with E-state index in [1.54, 1.807) is 18.2 Å². The van der Waals surface area contributed by atoms with E-state index in [2.05, 4.69) is 5.32 Å². The molecule has 5 nitrogen and oxygen atoms in total. The van der Waals surface area contributed by atoms with E-state index in [-0.39, 0.29) is 17.5 Å². The number of carbonyl (C=O) groups is 2. The fraction of sp³-hybridized carbons (Fsp3) is 0.241. The minimum atomic E-state index is -0.383. The molecule has 0 aliphatic carbocycles. The number of anilines is 2. The molecule has 5 heteroatoms. The third-order valence-corrected chi connectivity index (χ3v) is 6.08. The van der Waals surface area contributed by atoms with Crippen LogP contribution in [0.3, 0.4) is 0 Å². The van der Waals surface area contributed by atoms with E-state index >= 15 is 0 Å². The van der Waals surface area contributed by atoms with Gasteiger partial charge in [-0.2, -0.15) is 0 Å². The highest BCUT2D eigenvalue weighted by Gasteiger charge is 2.40. The molecular weight excluding hydrogens is 424 g/mol. The minimum Gasteiger partial charge on any atom is -0.494 e. The normalized spacial score (nSPS) is 13.6. The van der Waals surface area contributed by atoms with Crippen molar-refractivity contribution in [2.24, 2.45) is 0 Å². The molecule has 1 aliphatic heterocycles.